The van der Waals surface area contributed by atoms with Gasteiger partial charge < -0.3 is 10.3 Å². The number of aryl methyl sites for hydroxylation is 2. The van der Waals surface area contributed by atoms with Crippen LogP contribution in [0.4, 0.5) is 0 Å². The molecule has 0 spiro atoms. The van der Waals surface area contributed by atoms with Crippen molar-refractivity contribution >= 4 is 27.0 Å². The van der Waals surface area contributed by atoms with Gasteiger partial charge in [-0.2, -0.15) is 0 Å². The summed E-state index contributed by atoms with van der Waals surface area (Å²) in [5.74, 6) is 1.94. The van der Waals surface area contributed by atoms with Crippen molar-refractivity contribution in [3.8, 4) is 0 Å². The van der Waals surface area contributed by atoms with Crippen molar-refractivity contribution in [2.75, 3.05) is 6.54 Å². The SMILES string of the molecule is CCCC(CCN)CCc1nc2cc(Br)ccc2n1CC. The molecule has 1 heterocycles. The Kier molecular flexibility index (Phi) is 6.24. The van der Waals surface area contributed by atoms with Crippen molar-refractivity contribution in [3.05, 3.63) is 28.5 Å². The van der Waals surface area contributed by atoms with E-state index in [4.69, 9.17) is 10.7 Å². The molecule has 1 aromatic heterocycles. The molecule has 0 radical (unpaired) electrons. The van der Waals surface area contributed by atoms with Crippen molar-refractivity contribution in [2.45, 2.75) is 52.5 Å². The van der Waals surface area contributed by atoms with E-state index in [0.29, 0.717) is 0 Å². The van der Waals surface area contributed by atoms with Gasteiger partial charge in [-0.25, -0.2) is 4.98 Å². The minimum Gasteiger partial charge on any atom is -0.330 e. The Morgan fingerprint density at radius 3 is 2.71 bits per heavy atom. The number of hydrogen-bond acceptors (Lipinski definition) is 2. The van der Waals surface area contributed by atoms with E-state index in [-0.39, 0.29) is 0 Å². The number of nitrogens with zero attached hydrogens (tertiary/aromatic N) is 2. The van der Waals surface area contributed by atoms with Crippen LogP contribution in [0.2, 0.25) is 0 Å². The van der Waals surface area contributed by atoms with Crippen LogP contribution in [0.15, 0.2) is 22.7 Å². The molecule has 0 saturated carbocycles. The number of hydrogen-bond donors (Lipinski definition) is 1. The molecule has 1 atom stereocenters. The highest BCUT2D eigenvalue weighted by Gasteiger charge is 2.13. The predicted molar refractivity (Wildman–Crippen MR) is 93.5 cm³/mol. The van der Waals surface area contributed by atoms with Crippen molar-refractivity contribution in [1.82, 2.24) is 9.55 Å². The molecule has 1 unspecified atom stereocenters. The van der Waals surface area contributed by atoms with Crippen LogP contribution in [0.5, 0.6) is 0 Å². The van der Waals surface area contributed by atoms with Crippen LogP contribution >= 0.6 is 15.9 Å². The number of nitrogens with two attached hydrogens (primary N) is 1. The Morgan fingerprint density at radius 1 is 1.24 bits per heavy atom. The second-order valence-corrected chi connectivity index (χ2v) is 6.59. The average molecular weight is 352 g/mol. The molecular weight excluding hydrogens is 326 g/mol. The summed E-state index contributed by atoms with van der Waals surface area (Å²) in [4.78, 5) is 4.84. The molecule has 0 aliphatic carbocycles. The molecule has 116 valence electrons. The predicted octanol–water partition coefficient (Wildman–Crippen LogP) is 4.52. The monoisotopic (exact) mass is 351 g/mol. The van der Waals surface area contributed by atoms with Gasteiger partial charge in [0.2, 0.25) is 0 Å². The second-order valence-electron chi connectivity index (χ2n) is 5.68. The molecule has 4 heteroatoms. The normalized spacial score (nSPS) is 13.0. The molecule has 1 aromatic carbocycles. The van der Waals surface area contributed by atoms with Gasteiger partial charge in [-0.1, -0.05) is 35.7 Å². The summed E-state index contributed by atoms with van der Waals surface area (Å²) in [7, 11) is 0. The van der Waals surface area contributed by atoms with Gasteiger partial charge in [0.1, 0.15) is 5.82 Å². The lowest BCUT2D eigenvalue weighted by Gasteiger charge is -2.15. The minimum atomic E-state index is 0.733. The van der Waals surface area contributed by atoms with Crippen LogP contribution in [0.3, 0.4) is 0 Å². The smallest absolute Gasteiger partial charge is 0.109 e. The first-order valence-electron chi connectivity index (χ1n) is 8.04. The van der Waals surface area contributed by atoms with E-state index in [0.717, 1.165) is 41.8 Å². The second kappa shape index (κ2) is 7.95. The maximum Gasteiger partial charge on any atom is 0.109 e. The largest absolute Gasteiger partial charge is 0.330 e. The topological polar surface area (TPSA) is 43.8 Å². The fourth-order valence-electron chi connectivity index (χ4n) is 3.11. The van der Waals surface area contributed by atoms with E-state index in [1.165, 1.54) is 30.6 Å². The first-order valence-corrected chi connectivity index (χ1v) is 8.83. The van der Waals surface area contributed by atoms with E-state index >= 15 is 0 Å². The van der Waals surface area contributed by atoms with E-state index in [1.54, 1.807) is 0 Å². The third kappa shape index (κ3) is 4.07. The Balaban J connectivity index is 2.17. The third-order valence-corrected chi connectivity index (χ3v) is 4.65. The van der Waals surface area contributed by atoms with Gasteiger partial charge in [0, 0.05) is 17.4 Å². The zero-order valence-electron chi connectivity index (χ0n) is 13.1. The van der Waals surface area contributed by atoms with E-state index in [1.807, 2.05) is 0 Å². The van der Waals surface area contributed by atoms with E-state index < -0.39 is 0 Å². The summed E-state index contributed by atoms with van der Waals surface area (Å²) in [5, 5.41) is 0. The molecule has 0 aliphatic rings. The molecule has 3 nitrogen and oxygen atoms in total. The molecule has 0 aliphatic heterocycles. The number of rotatable bonds is 8. The average Bonchev–Trinajstić information content (AvgIpc) is 2.81. The molecule has 0 amide bonds. The lowest BCUT2D eigenvalue weighted by Crippen LogP contribution is -2.11. The zero-order valence-corrected chi connectivity index (χ0v) is 14.7. The van der Waals surface area contributed by atoms with Crippen LogP contribution in [0, 0.1) is 5.92 Å². The fraction of sp³-hybridized carbons (Fsp3) is 0.588. The van der Waals surface area contributed by atoms with Crippen LogP contribution in [0.1, 0.15) is 45.4 Å². The number of aromatic nitrogens is 2. The van der Waals surface area contributed by atoms with Crippen molar-refractivity contribution in [1.29, 1.82) is 0 Å². The van der Waals surface area contributed by atoms with Crippen molar-refractivity contribution in [3.63, 3.8) is 0 Å². The molecule has 0 fully saturated rings. The van der Waals surface area contributed by atoms with Crippen molar-refractivity contribution < 1.29 is 0 Å². The molecule has 2 aromatic rings. The Morgan fingerprint density at radius 2 is 2.05 bits per heavy atom. The summed E-state index contributed by atoms with van der Waals surface area (Å²) in [6.07, 6.45) is 5.88. The first-order chi connectivity index (χ1) is 10.2. The lowest BCUT2D eigenvalue weighted by molar-refractivity contribution is 0.415. The van der Waals surface area contributed by atoms with Crippen LogP contribution in [-0.2, 0) is 13.0 Å². The molecule has 2 rings (SSSR count). The fourth-order valence-corrected chi connectivity index (χ4v) is 3.46. The molecule has 0 saturated heterocycles. The van der Waals surface area contributed by atoms with Crippen molar-refractivity contribution in [2.24, 2.45) is 11.7 Å². The number of halogens is 1. The quantitative estimate of drug-likeness (QED) is 0.759. The van der Waals surface area contributed by atoms with Gasteiger partial charge in [0.15, 0.2) is 0 Å². The molecule has 21 heavy (non-hydrogen) atoms. The summed E-state index contributed by atoms with van der Waals surface area (Å²) >= 11 is 3.53. The van der Waals surface area contributed by atoms with Gasteiger partial charge in [0.05, 0.1) is 11.0 Å². The Hall–Kier alpha value is -0.870. The highest BCUT2D eigenvalue weighted by atomic mass is 79.9. The summed E-state index contributed by atoms with van der Waals surface area (Å²) in [5.41, 5.74) is 8.06. The number of benzene rings is 1. The summed E-state index contributed by atoms with van der Waals surface area (Å²) in [6, 6.07) is 6.35. The molecule has 2 N–H and O–H groups in total. The lowest BCUT2D eigenvalue weighted by atomic mass is 9.94. The van der Waals surface area contributed by atoms with E-state index in [9.17, 15) is 0 Å². The maximum atomic E-state index is 5.74. The Bertz CT molecular complexity index is 571. The zero-order chi connectivity index (χ0) is 15.2. The van der Waals surface area contributed by atoms with Crippen LogP contribution in [-0.4, -0.2) is 16.1 Å². The van der Waals surface area contributed by atoms with E-state index in [2.05, 4.69) is 52.5 Å². The summed E-state index contributed by atoms with van der Waals surface area (Å²) < 4.78 is 3.43. The highest BCUT2D eigenvalue weighted by Crippen LogP contribution is 2.23. The van der Waals surface area contributed by atoms with Gasteiger partial charge in [-0.3, -0.25) is 0 Å². The van der Waals surface area contributed by atoms with Gasteiger partial charge in [-0.05, 0) is 50.4 Å². The Labute approximate surface area is 136 Å². The van der Waals surface area contributed by atoms with Gasteiger partial charge in [0.25, 0.3) is 0 Å². The standard InChI is InChI=1S/C17H26BrN3/c1-3-5-13(10-11-19)6-9-17-20-15-12-14(18)7-8-16(15)21(17)4-2/h7-8,12-13H,3-6,9-11,19H2,1-2H3. The molecule has 0 bridgehead atoms. The third-order valence-electron chi connectivity index (χ3n) is 4.15. The highest BCUT2D eigenvalue weighted by molar-refractivity contribution is 9.10. The minimum absolute atomic E-state index is 0.733. The number of fused-ring (bicyclic) bond motifs is 1. The first kappa shape index (κ1) is 16.5. The maximum absolute atomic E-state index is 5.74. The summed E-state index contributed by atoms with van der Waals surface area (Å²) in [6.45, 7) is 6.21. The van der Waals surface area contributed by atoms with Gasteiger partial charge >= 0.3 is 0 Å². The van der Waals surface area contributed by atoms with Gasteiger partial charge in [-0.15, -0.1) is 0 Å². The van der Waals surface area contributed by atoms with Crippen LogP contribution in [0.25, 0.3) is 11.0 Å². The van der Waals surface area contributed by atoms with Crippen LogP contribution < -0.4 is 5.73 Å². The molecular formula is C17H26BrN3. The number of imidazole rings is 1.